The van der Waals surface area contributed by atoms with Crippen molar-refractivity contribution in [3.8, 4) is 0 Å². The minimum Gasteiger partial charge on any atom is -0.396 e. The Morgan fingerprint density at radius 3 is 1.85 bits per heavy atom. The van der Waals surface area contributed by atoms with Crippen LogP contribution < -0.4 is 5.48 Å². The van der Waals surface area contributed by atoms with Gasteiger partial charge in [-0.15, -0.1) is 0 Å². The van der Waals surface area contributed by atoms with E-state index in [9.17, 15) is 19.2 Å². The first kappa shape index (κ1) is 31.0. The number of hydrogen-bond acceptors (Lipinski definition) is 6. The van der Waals surface area contributed by atoms with Crippen LogP contribution in [0.4, 0.5) is 0 Å². The van der Waals surface area contributed by atoms with E-state index in [0.29, 0.717) is 19.3 Å². The molecule has 7 nitrogen and oxygen atoms in total. The fourth-order valence-corrected chi connectivity index (χ4v) is 3.94. The molecule has 33 heavy (non-hydrogen) atoms. The Hall–Kier alpha value is -2.02. The summed E-state index contributed by atoms with van der Waals surface area (Å²) in [6.07, 6.45) is 16.4. The fraction of sp³-hybridized carbons (Fsp3) is 0.769. The molecule has 0 rings (SSSR count). The first-order valence-corrected chi connectivity index (χ1v) is 12.7. The summed E-state index contributed by atoms with van der Waals surface area (Å²) in [5.41, 5.74) is 2.16. The molecule has 0 bridgehead atoms. The van der Waals surface area contributed by atoms with Crippen LogP contribution in [0.25, 0.3) is 0 Å². The smallest absolute Gasteiger partial charge is 0.355 e. The summed E-state index contributed by atoms with van der Waals surface area (Å²) in [5, 5.41) is 9.05. The van der Waals surface area contributed by atoms with Gasteiger partial charge in [-0.05, 0) is 44.9 Å². The minimum atomic E-state index is -0.712. The van der Waals surface area contributed by atoms with Crippen LogP contribution in [0.3, 0.4) is 0 Å². The van der Waals surface area contributed by atoms with E-state index in [-0.39, 0.29) is 30.3 Å². The van der Waals surface area contributed by atoms with Crippen molar-refractivity contribution in [1.82, 2.24) is 5.48 Å². The molecule has 0 saturated heterocycles. The summed E-state index contributed by atoms with van der Waals surface area (Å²) in [4.78, 5) is 50.5. The van der Waals surface area contributed by atoms with Crippen molar-refractivity contribution in [2.75, 3.05) is 6.61 Å². The van der Waals surface area contributed by atoms with Gasteiger partial charge in [0.2, 0.25) is 0 Å². The van der Waals surface area contributed by atoms with Gasteiger partial charge < -0.3 is 19.5 Å². The molecule has 2 N–H and O–H groups in total. The van der Waals surface area contributed by atoms with Gasteiger partial charge in [0.15, 0.2) is 0 Å². The Morgan fingerprint density at radius 1 is 0.818 bits per heavy atom. The fourth-order valence-electron chi connectivity index (χ4n) is 3.94. The zero-order valence-electron chi connectivity index (χ0n) is 20.5. The van der Waals surface area contributed by atoms with Crippen LogP contribution in [-0.4, -0.2) is 36.2 Å². The van der Waals surface area contributed by atoms with Gasteiger partial charge in [0.05, 0.1) is 0 Å². The number of aliphatic hydroxyl groups is 1. The molecule has 0 aromatic carbocycles. The molecule has 0 aliphatic heterocycles. The zero-order valence-corrected chi connectivity index (χ0v) is 20.5. The lowest BCUT2D eigenvalue weighted by Crippen LogP contribution is -2.32. The van der Waals surface area contributed by atoms with Crippen LogP contribution in [0.15, 0.2) is 12.7 Å². The third kappa shape index (κ3) is 17.2. The predicted molar refractivity (Wildman–Crippen MR) is 129 cm³/mol. The Kier molecular flexibility index (Phi) is 20.5. The summed E-state index contributed by atoms with van der Waals surface area (Å²) < 4.78 is 0. The molecular formula is C26H45NO6. The number of unbranched alkanes of at least 4 members (excludes halogenated alkanes) is 6. The molecule has 0 heterocycles. The largest absolute Gasteiger partial charge is 0.396 e. The standard InChI is InChI=1S/C26H45NO6/c1-3-5-9-13-22(20-29)17-18-23(21-30)14-10-7-6-8-11-15-24(16-12-19-28)26(32)27-33-25(31)4-2/h4,20-24,28H,2-3,5-19H2,1H3,(H,27,32). The van der Waals surface area contributed by atoms with E-state index < -0.39 is 5.97 Å². The number of aldehydes is 2. The molecule has 7 heteroatoms. The molecule has 0 fully saturated rings. The van der Waals surface area contributed by atoms with Crippen molar-refractivity contribution in [3.05, 3.63) is 12.7 Å². The molecule has 0 aliphatic rings. The van der Waals surface area contributed by atoms with Crippen LogP contribution in [-0.2, 0) is 24.0 Å². The highest BCUT2D eigenvalue weighted by molar-refractivity contribution is 5.84. The maximum atomic E-state index is 12.2. The molecule has 0 spiro atoms. The normalized spacial score (nSPS) is 13.5. The summed E-state index contributed by atoms with van der Waals surface area (Å²) in [6, 6.07) is 0. The van der Waals surface area contributed by atoms with Gasteiger partial charge >= 0.3 is 5.97 Å². The van der Waals surface area contributed by atoms with E-state index in [1.165, 1.54) is 0 Å². The predicted octanol–water partition coefficient (Wildman–Crippen LogP) is 4.86. The average Bonchev–Trinajstić information content (AvgIpc) is 2.83. The maximum absolute atomic E-state index is 12.2. The third-order valence-corrected chi connectivity index (χ3v) is 6.10. The van der Waals surface area contributed by atoms with Crippen molar-refractivity contribution in [2.24, 2.45) is 17.8 Å². The van der Waals surface area contributed by atoms with Crippen LogP contribution in [0.1, 0.15) is 103 Å². The molecule has 0 aromatic heterocycles. The number of amides is 1. The maximum Gasteiger partial charge on any atom is 0.355 e. The SMILES string of the molecule is C=CC(=O)ONC(=O)C(CCCO)CCCCCCCC(C=O)CCC(C=O)CCCCC. The van der Waals surface area contributed by atoms with Crippen molar-refractivity contribution < 1.29 is 29.1 Å². The molecule has 3 unspecified atom stereocenters. The first-order chi connectivity index (χ1) is 16.0. The van der Waals surface area contributed by atoms with Crippen LogP contribution in [0, 0.1) is 17.8 Å². The molecule has 0 radical (unpaired) electrons. The average molecular weight is 468 g/mol. The number of hydrogen-bond donors (Lipinski definition) is 2. The lowest BCUT2D eigenvalue weighted by Gasteiger charge is -2.16. The van der Waals surface area contributed by atoms with Gasteiger partial charge in [0, 0.05) is 30.4 Å². The summed E-state index contributed by atoms with van der Waals surface area (Å²) in [5.74, 6) is -1.26. The molecule has 190 valence electrons. The van der Waals surface area contributed by atoms with Gasteiger partial charge in [-0.25, -0.2) is 4.79 Å². The van der Waals surface area contributed by atoms with E-state index in [4.69, 9.17) is 5.11 Å². The topological polar surface area (TPSA) is 110 Å². The van der Waals surface area contributed by atoms with Crippen molar-refractivity contribution >= 4 is 24.4 Å². The van der Waals surface area contributed by atoms with Crippen molar-refractivity contribution in [1.29, 1.82) is 0 Å². The summed E-state index contributed by atoms with van der Waals surface area (Å²) in [7, 11) is 0. The first-order valence-electron chi connectivity index (χ1n) is 12.7. The lowest BCUT2D eigenvalue weighted by molar-refractivity contribution is -0.155. The second-order valence-electron chi connectivity index (χ2n) is 8.86. The van der Waals surface area contributed by atoms with Crippen molar-refractivity contribution in [2.45, 2.75) is 103 Å². The van der Waals surface area contributed by atoms with Crippen LogP contribution >= 0.6 is 0 Å². The molecule has 0 saturated carbocycles. The second-order valence-corrected chi connectivity index (χ2v) is 8.86. The van der Waals surface area contributed by atoms with Gasteiger partial charge in [0.25, 0.3) is 5.91 Å². The molecular weight excluding hydrogens is 422 g/mol. The third-order valence-electron chi connectivity index (χ3n) is 6.10. The number of carbonyl (C=O) groups excluding carboxylic acids is 4. The molecule has 0 aliphatic carbocycles. The van der Waals surface area contributed by atoms with E-state index in [1.54, 1.807) is 0 Å². The van der Waals surface area contributed by atoms with E-state index in [1.807, 2.05) is 0 Å². The minimum absolute atomic E-state index is 0.0143. The highest BCUT2D eigenvalue weighted by Gasteiger charge is 2.19. The van der Waals surface area contributed by atoms with Gasteiger partial charge in [0.1, 0.15) is 12.6 Å². The molecule has 0 aromatic rings. The Balaban J connectivity index is 4.07. The number of carbonyl (C=O) groups is 4. The van der Waals surface area contributed by atoms with E-state index in [2.05, 4.69) is 23.8 Å². The molecule has 3 atom stereocenters. The monoisotopic (exact) mass is 467 g/mol. The van der Waals surface area contributed by atoms with Gasteiger partial charge in [-0.3, -0.25) is 4.79 Å². The quantitative estimate of drug-likeness (QED) is 0.102. The highest BCUT2D eigenvalue weighted by Crippen LogP contribution is 2.21. The van der Waals surface area contributed by atoms with Gasteiger partial charge in [-0.2, -0.15) is 5.48 Å². The number of aliphatic hydroxyl groups excluding tert-OH is 1. The highest BCUT2D eigenvalue weighted by atomic mass is 16.7. The Labute approximate surface area is 199 Å². The number of rotatable bonds is 22. The zero-order chi connectivity index (χ0) is 24.7. The van der Waals surface area contributed by atoms with Crippen molar-refractivity contribution in [3.63, 3.8) is 0 Å². The van der Waals surface area contributed by atoms with Crippen LogP contribution in [0.2, 0.25) is 0 Å². The van der Waals surface area contributed by atoms with E-state index in [0.717, 1.165) is 95.7 Å². The Bertz CT molecular complexity index is 551. The molecule has 1 amide bonds. The summed E-state index contributed by atoms with van der Waals surface area (Å²) in [6.45, 7) is 5.44. The van der Waals surface area contributed by atoms with E-state index >= 15 is 0 Å². The summed E-state index contributed by atoms with van der Waals surface area (Å²) >= 11 is 0. The second kappa shape index (κ2) is 21.8. The van der Waals surface area contributed by atoms with Crippen LogP contribution in [0.5, 0.6) is 0 Å². The Morgan fingerprint density at radius 2 is 1.33 bits per heavy atom. The number of nitrogens with one attached hydrogen (secondary N) is 1. The van der Waals surface area contributed by atoms with Gasteiger partial charge in [-0.1, -0.05) is 64.9 Å². The lowest BCUT2D eigenvalue weighted by atomic mass is 9.90. The number of hydroxylamine groups is 1.